The number of aldehydes is 1. The van der Waals surface area contributed by atoms with Crippen molar-refractivity contribution in [2.24, 2.45) is 0 Å². The molecule has 0 radical (unpaired) electrons. The molecule has 2 aromatic carbocycles. The van der Waals surface area contributed by atoms with Crippen molar-refractivity contribution in [3.63, 3.8) is 0 Å². The van der Waals surface area contributed by atoms with Crippen LogP contribution in [0.1, 0.15) is 22.8 Å². The first-order chi connectivity index (χ1) is 9.22. The van der Waals surface area contributed by atoms with Gasteiger partial charge in [0.05, 0.1) is 0 Å². The highest BCUT2D eigenvalue weighted by molar-refractivity contribution is 5.77. The third kappa shape index (κ3) is 3.41. The molecule has 0 aromatic heterocycles. The van der Waals surface area contributed by atoms with E-state index in [4.69, 9.17) is 0 Å². The lowest BCUT2D eigenvalue weighted by Gasteiger charge is -2.23. The zero-order valence-electron chi connectivity index (χ0n) is 10.8. The van der Waals surface area contributed by atoms with Crippen LogP contribution >= 0.6 is 0 Å². The van der Waals surface area contributed by atoms with E-state index in [9.17, 15) is 9.18 Å². The molecule has 0 saturated carbocycles. The van der Waals surface area contributed by atoms with Gasteiger partial charge in [-0.2, -0.15) is 0 Å². The third-order valence-corrected chi connectivity index (χ3v) is 3.00. The van der Waals surface area contributed by atoms with E-state index in [0.29, 0.717) is 18.4 Å². The quantitative estimate of drug-likeness (QED) is 0.762. The molecule has 3 heteroatoms. The predicted octanol–water partition coefficient (Wildman–Crippen LogP) is 3.66. The van der Waals surface area contributed by atoms with Crippen molar-refractivity contribution in [3.05, 3.63) is 65.5 Å². The van der Waals surface area contributed by atoms with Crippen molar-refractivity contribution in [1.29, 1.82) is 0 Å². The number of rotatable bonds is 5. The molecule has 2 rings (SSSR count). The van der Waals surface area contributed by atoms with E-state index >= 15 is 0 Å². The van der Waals surface area contributed by atoms with Crippen molar-refractivity contribution in [1.82, 2.24) is 0 Å². The second-order valence-corrected chi connectivity index (χ2v) is 4.36. The molecule has 0 spiro atoms. The number of carbonyl (C=O) groups is 1. The Balaban J connectivity index is 2.26. The summed E-state index contributed by atoms with van der Waals surface area (Å²) in [4.78, 5) is 12.8. The van der Waals surface area contributed by atoms with E-state index in [1.807, 2.05) is 42.2 Å². The molecular formula is C16H16FNO. The van der Waals surface area contributed by atoms with Crippen LogP contribution in [0.3, 0.4) is 0 Å². The monoisotopic (exact) mass is 257 g/mol. The largest absolute Gasteiger partial charge is 0.367 e. The maximum absolute atomic E-state index is 13.5. The molecule has 0 unspecified atom stereocenters. The third-order valence-electron chi connectivity index (χ3n) is 3.00. The van der Waals surface area contributed by atoms with Gasteiger partial charge in [-0.05, 0) is 30.7 Å². The lowest BCUT2D eigenvalue weighted by molar-refractivity contribution is 0.112. The predicted molar refractivity (Wildman–Crippen MR) is 75.0 cm³/mol. The topological polar surface area (TPSA) is 20.3 Å². The SMILES string of the molecule is CCN(Cc1ccccc1)c1cc(F)cc(C=O)c1. The first-order valence-electron chi connectivity index (χ1n) is 6.27. The van der Waals surface area contributed by atoms with E-state index in [0.717, 1.165) is 17.8 Å². The van der Waals surface area contributed by atoms with E-state index < -0.39 is 0 Å². The van der Waals surface area contributed by atoms with Gasteiger partial charge in [-0.3, -0.25) is 4.79 Å². The van der Waals surface area contributed by atoms with Crippen LogP contribution in [0.15, 0.2) is 48.5 Å². The summed E-state index contributed by atoms with van der Waals surface area (Å²) < 4.78 is 13.5. The molecule has 0 N–H and O–H groups in total. The maximum atomic E-state index is 13.5. The van der Waals surface area contributed by atoms with E-state index in [2.05, 4.69) is 0 Å². The average molecular weight is 257 g/mol. The Morgan fingerprint density at radius 3 is 2.53 bits per heavy atom. The molecule has 0 bridgehead atoms. The van der Waals surface area contributed by atoms with E-state index in [1.54, 1.807) is 6.07 Å². The van der Waals surface area contributed by atoms with Gasteiger partial charge in [-0.15, -0.1) is 0 Å². The minimum atomic E-state index is -0.383. The zero-order chi connectivity index (χ0) is 13.7. The average Bonchev–Trinajstić information content (AvgIpc) is 2.45. The summed E-state index contributed by atoms with van der Waals surface area (Å²) >= 11 is 0. The molecule has 2 aromatic rings. The van der Waals surface area contributed by atoms with Gasteiger partial charge < -0.3 is 4.90 Å². The maximum Gasteiger partial charge on any atom is 0.150 e. The van der Waals surface area contributed by atoms with Crippen LogP contribution < -0.4 is 4.90 Å². The number of benzene rings is 2. The molecule has 19 heavy (non-hydrogen) atoms. The van der Waals surface area contributed by atoms with Crippen LogP contribution in [0.4, 0.5) is 10.1 Å². The van der Waals surface area contributed by atoms with Gasteiger partial charge in [-0.25, -0.2) is 4.39 Å². The molecule has 0 aliphatic rings. The summed E-state index contributed by atoms with van der Waals surface area (Å²) in [6.07, 6.45) is 0.670. The van der Waals surface area contributed by atoms with Gasteiger partial charge in [0.25, 0.3) is 0 Å². The normalized spacial score (nSPS) is 10.2. The van der Waals surface area contributed by atoms with Gasteiger partial charge >= 0.3 is 0 Å². The Morgan fingerprint density at radius 2 is 1.89 bits per heavy atom. The van der Waals surface area contributed by atoms with Crippen LogP contribution in [-0.4, -0.2) is 12.8 Å². The number of nitrogens with zero attached hydrogens (tertiary/aromatic N) is 1. The second kappa shape index (κ2) is 6.14. The number of hydrogen-bond acceptors (Lipinski definition) is 2. The van der Waals surface area contributed by atoms with Crippen molar-refractivity contribution in [2.75, 3.05) is 11.4 Å². The lowest BCUT2D eigenvalue weighted by Crippen LogP contribution is -2.22. The van der Waals surface area contributed by atoms with Gasteiger partial charge in [-0.1, -0.05) is 30.3 Å². The summed E-state index contributed by atoms with van der Waals surface area (Å²) in [5.41, 5.74) is 2.25. The summed E-state index contributed by atoms with van der Waals surface area (Å²) in [5, 5.41) is 0. The Hall–Kier alpha value is -2.16. The lowest BCUT2D eigenvalue weighted by atomic mass is 10.1. The number of halogens is 1. The molecule has 0 atom stereocenters. The van der Waals surface area contributed by atoms with Gasteiger partial charge in [0, 0.05) is 24.3 Å². The molecule has 0 heterocycles. The fourth-order valence-corrected chi connectivity index (χ4v) is 2.04. The number of anilines is 1. The molecule has 0 aliphatic carbocycles. The highest BCUT2D eigenvalue weighted by atomic mass is 19.1. The minimum absolute atomic E-state index is 0.363. The van der Waals surface area contributed by atoms with Gasteiger partial charge in [0.15, 0.2) is 0 Å². The van der Waals surface area contributed by atoms with Gasteiger partial charge in [0.2, 0.25) is 0 Å². The van der Waals surface area contributed by atoms with Crippen molar-refractivity contribution >= 4 is 12.0 Å². The highest BCUT2D eigenvalue weighted by Gasteiger charge is 2.08. The summed E-state index contributed by atoms with van der Waals surface area (Å²) in [5.74, 6) is -0.383. The summed E-state index contributed by atoms with van der Waals surface area (Å²) in [7, 11) is 0. The molecular weight excluding hydrogens is 241 g/mol. The van der Waals surface area contributed by atoms with Crippen LogP contribution in [0.2, 0.25) is 0 Å². The zero-order valence-corrected chi connectivity index (χ0v) is 10.8. The Kier molecular flexibility index (Phi) is 4.29. The van der Waals surface area contributed by atoms with E-state index in [-0.39, 0.29) is 5.82 Å². The number of carbonyl (C=O) groups excluding carboxylic acids is 1. The molecule has 0 fully saturated rings. The fraction of sp³-hybridized carbons (Fsp3) is 0.188. The first-order valence-corrected chi connectivity index (χ1v) is 6.27. The number of hydrogen-bond donors (Lipinski definition) is 0. The minimum Gasteiger partial charge on any atom is -0.367 e. The van der Waals surface area contributed by atoms with Crippen LogP contribution in [0.25, 0.3) is 0 Å². The van der Waals surface area contributed by atoms with E-state index in [1.165, 1.54) is 12.1 Å². The van der Waals surface area contributed by atoms with Crippen LogP contribution in [0, 0.1) is 5.82 Å². The Labute approximate surface area is 112 Å². The molecule has 98 valence electrons. The summed E-state index contributed by atoms with van der Waals surface area (Å²) in [6, 6.07) is 14.4. The van der Waals surface area contributed by atoms with Crippen LogP contribution in [0.5, 0.6) is 0 Å². The molecule has 0 saturated heterocycles. The summed E-state index contributed by atoms with van der Waals surface area (Å²) in [6.45, 7) is 3.45. The van der Waals surface area contributed by atoms with Crippen molar-refractivity contribution in [3.8, 4) is 0 Å². The Bertz CT molecular complexity index is 554. The molecule has 2 nitrogen and oxygen atoms in total. The first kappa shape index (κ1) is 13.3. The standard InChI is InChI=1S/C16H16FNO/c1-2-18(11-13-6-4-3-5-7-13)16-9-14(12-19)8-15(17)10-16/h3-10,12H,2,11H2,1H3. The van der Waals surface area contributed by atoms with Crippen molar-refractivity contribution in [2.45, 2.75) is 13.5 Å². The van der Waals surface area contributed by atoms with Gasteiger partial charge in [0.1, 0.15) is 12.1 Å². The highest BCUT2D eigenvalue weighted by Crippen LogP contribution is 2.20. The van der Waals surface area contributed by atoms with Crippen LogP contribution in [-0.2, 0) is 6.54 Å². The Morgan fingerprint density at radius 1 is 1.16 bits per heavy atom. The van der Waals surface area contributed by atoms with Crippen molar-refractivity contribution < 1.29 is 9.18 Å². The second-order valence-electron chi connectivity index (χ2n) is 4.36. The molecule has 0 amide bonds. The molecule has 0 aliphatic heterocycles. The fourth-order valence-electron chi connectivity index (χ4n) is 2.04. The smallest absolute Gasteiger partial charge is 0.150 e.